The van der Waals surface area contributed by atoms with Crippen LogP contribution in [0.25, 0.3) is 0 Å². The number of hydrogen-bond acceptors (Lipinski definition) is 6. The Kier molecular flexibility index (Phi) is 8.59. The number of esters is 1. The van der Waals surface area contributed by atoms with Crippen LogP contribution in [0.2, 0.25) is 0 Å². The molecule has 0 spiro atoms. The summed E-state index contributed by atoms with van der Waals surface area (Å²) in [4.78, 5) is 11.9. The van der Waals surface area contributed by atoms with E-state index in [0.717, 1.165) is 0 Å². The first-order valence-corrected chi connectivity index (χ1v) is 8.38. The van der Waals surface area contributed by atoms with E-state index in [1.54, 1.807) is 0 Å². The van der Waals surface area contributed by atoms with Crippen molar-refractivity contribution >= 4 is 13.6 Å². The van der Waals surface area contributed by atoms with Crippen molar-refractivity contribution in [3.05, 3.63) is 0 Å². The zero-order valence-corrected chi connectivity index (χ0v) is 14.4. The summed E-state index contributed by atoms with van der Waals surface area (Å²) in [5.74, 6) is -0.674. The Morgan fingerprint density at radius 3 is 1.90 bits per heavy atom. The molecule has 0 radical (unpaired) electrons. The molecule has 0 unspecified atom stereocenters. The predicted octanol–water partition coefficient (Wildman–Crippen LogP) is 2.63. The topological polar surface area (TPSA) is 73.9 Å². The zero-order valence-electron chi connectivity index (χ0n) is 13.5. The fourth-order valence-electron chi connectivity index (χ4n) is 2.00. The first-order chi connectivity index (χ1) is 9.21. The fraction of sp³-hybridized carbons (Fsp3) is 0.923. The number of methoxy groups -OCH3 is 1. The standard InChI is InChI=1S/C13H28NO5P/c1-9(2)8-11(13(15)17-5)14-12(10(3)4)20(16,18-6)19-7/h9-12,14H,8H2,1-7H3/t11-,12+/m1/s1. The van der Waals surface area contributed by atoms with Crippen molar-refractivity contribution in [2.24, 2.45) is 11.8 Å². The molecule has 1 N–H and O–H groups in total. The molecule has 120 valence electrons. The number of carbonyl (C=O) groups is 1. The molecular formula is C13H28NO5P. The minimum atomic E-state index is -3.31. The van der Waals surface area contributed by atoms with E-state index >= 15 is 0 Å². The van der Waals surface area contributed by atoms with Gasteiger partial charge < -0.3 is 13.8 Å². The highest BCUT2D eigenvalue weighted by Crippen LogP contribution is 2.53. The average molecular weight is 309 g/mol. The summed E-state index contributed by atoms with van der Waals surface area (Å²) in [5.41, 5.74) is 0. The van der Waals surface area contributed by atoms with Crippen molar-refractivity contribution in [3.63, 3.8) is 0 Å². The molecule has 0 bridgehead atoms. The lowest BCUT2D eigenvalue weighted by atomic mass is 10.0. The van der Waals surface area contributed by atoms with Crippen LogP contribution >= 0.6 is 7.60 Å². The van der Waals surface area contributed by atoms with Crippen LogP contribution in [0.3, 0.4) is 0 Å². The van der Waals surface area contributed by atoms with E-state index in [9.17, 15) is 9.36 Å². The lowest BCUT2D eigenvalue weighted by Gasteiger charge is -2.31. The summed E-state index contributed by atoms with van der Waals surface area (Å²) in [6.45, 7) is 7.81. The van der Waals surface area contributed by atoms with Gasteiger partial charge in [-0.2, -0.15) is 0 Å². The third kappa shape index (κ3) is 5.52. The van der Waals surface area contributed by atoms with E-state index in [1.165, 1.54) is 21.3 Å². The number of carbonyl (C=O) groups excluding carboxylic acids is 1. The van der Waals surface area contributed by atoms with Crippen LogP contribution in [-0.4, -0.2) is 39.1 Å². The number of hydrogen-bond donors (Lipinski definition) is 1. The SMILES string of the molecule is COC(=O)[C@@H](CC(C)C)N[C@H](C(C)C)P(=O)(OC)OC. The Hall–Kier alpha value is -0.420. The Morgan fingerprint density at radius 1 is 1.10 bits per heavy atom. The first-order valence-electron chi connectivity index (χ1n) is 6.76. The molecule has 0 aromatic carbocycles. The second-order valence-corrected chi connectivity index (χ2v) is 7.83. The van der Waals surface area contributed by atoms with Gasteiger partial charge in [0.25, 0.3) is 0 Å². The summed E-state index contributed by atoms with van der Waals surface area (Å²) >= 11 is 0. The van der Waals surface area contributed by atoms with Crippen LogP contribution < -0.4 is 5.32 Å². The van der Waals surface area contributed by atoms with Crippen LogP contribution in [0.5, 0.6) is 0 Å². The molecule has 0 heterocycles. The van der Waals surface area contributed by atoms with E-state index in [0.29, 0.717) is 12.3 Å². The van der Waals surface area contributed by atoms with Gasteiger partial charge in [0.1, 0.15) is 11.8 Å². The Balaban J connectivity index is 5.19. The molecule has 20 heavy (non-hydrogen) atoms. The van der Waals surface area contributed by atoms with Gasteiger partial charge in [-0.1, -0.05) is 27.7 Å². The number of rotatable bonds is 9. The van der Waals surface area contributed by atoms with E-state index in [1.807, 2.05) is 27.7 Å². The van der Waals surface area contributed by atoms with Gasteiger partial charge in [-0.3, -0.25) is 14.7 Å². The number of ether oxygens (including phenoxy) is 1. The maximum atomic E-state index is 12.6. The van der Waals surface area contributed by atoms with Crippen LogP contribution in [0.4, 0.5) is 0 Å². The van der Waals surface area contributed by atoms with Crippen molar-refractivity contribution in [2.75, 3.05) is 21.3 Å². The van der Waals surface area contributed by atoms with E-state index in [4.69, 9.17) is 13.8 Å². The quantitative estimate of drug-likeness (QED) is 0.521. The Bertz CT molecular complexity index is 338. The van der Waals surface area contributed by atoms with Crippen LogP contribution in [0.15, 0.2) is 0 Å². The maximum Gasteiger partial charge on any atom is 0.347 e. The lowest BCUT2D eigenvalue weighted by molar-refractivity contribution is -0.143. The summed E-state index contributed by atoms with van der Waals surface area (Å²) in [7, 11) is 0.716. The number of nitrogens with one attached hydrogen (secondary N) is 1. The Labute approximate surface area is 122 Å². The van der Waals surface area contributed by atoms with E-state index in [2.05, 4.69) is 5.32 Å². The molecule has 0 saturated carbocycles. The molecule has 0 aliphatic heterocycles. The minimum Gasteiger partial charge on any atom is -0.468 e. The fourth-order valence-corrected chi connectivity index (χ4v) is 3.70. The van der Waals surface area contributed by atoms with Gasteiger partial charge in [0, 0.05) is 14.2 Å². The highest BCUT2D eigenvalue weighted by atomic mass is 31.2. The summed E-state index contributed by atoms with van der Waals surface area (Å²) in [6.07, 6.45) is 0.587. The second-order valence-electron chi connectivity index (χ2n) is 5.47. The summed E-state index contributed by atoms with van der Waals surface area (Å²) in [5, 5.41) is 3.09. The van der Waals surface area contributed by atoms with Crippen LogP contribution in [0.1, 0.15) is 34.1 Å². The van der Waals surface area contributed by atoms with Gasteiger partial charge >= 0.3 is 13.6 Å². The largest absolute Gasteiger partial charge is 0.468 e. The molecule has 7 heteroatoms. The molecule has 0 aromatic heterocycles. The molecule has 0 fully saturated rings. The van der Waals surface area contributed by atoms with Crippen molar-refractivity contribution in [3.8, 4) is 0 Å². The highest BCUT2D eigenvalue weighted by molar-refractivity contribution is 7.54. The molecular weight excluding hydrogens is 281 g/mol. The molecule has 0 saturated heterocycles. The third-order valence-electron chi connectivity index (χ3n) is 3.05. The predicted molar refractivity (Wildman–Crippen MR) is 78.6 cm³/mol. The van der Waals surface area contributed by atoms with Crippen molar-refractivity contribution in [1.82, 2.24) is 5.32 Å². The third-order valence-corrected chi connectivity index (χ3v) is 5.49. The summed E-state index contributed by atoms with van der Waals surface area (Å²) < 4.78 is 27.5. The highest BCUT2D eigenvalue weighted by Gasteiger charge is 2.39. The monoisotopic (exact) mass is 309 g/mol. The summed E-state index contributed by atoms with van der Waals surface area (Å²) in [6, 6.07) is -0.536. The molecule has 0 aliphatic carbocycles. The first kappa shape index (κ1) is 19.6. The van der Waals surface area contributed by atoms with Gasteiger partial charge in [0.2, 0.25) is 0 Å². The molecule has 0 amide bonds. The van der Waals surface area contributed by atoms with Crippen molar-refractivity contribution in [2.45, 2.75) is 45.9 Å². The smallest absolute Gasteiger partial charge is 0.347 e. The van der Waals surface area contributed by atoms with E-state index in [-0.39, 0.29) is 11.9 Å². The molecule has 0 aliphatic rings. The van der Waals surface area contributed by atoms with Gasteiger partial charge in [-0.05, 0) is 18.3 Å². The minimum absolute atomic E-state index is 0.0277. The molecule has 0 rings (SSSR count). The van der Waals surface area contributed by atoms with Gasteiger partial charge in [0.05, 0.1) is 7.11 Å². The second kappa shape index (κ2) is 8.78. The molecule has 6 nitrogen and oxygen atoms in total. The van der Waals surface area contributed by atoms with Gasteiger partial charge in [-0.25, -0.2) is 0 Å². The zero-order chi connectivity index (χ0) is 15.9. The average Bonchev–Trinajstić information content (AvgIpc) is 2.40. The Morgan fingerprint density at radius 2 is 1.60 bits per heavy atom. The van der Waals surface area contributed by atoms with Crippen molar-refractivity contribution in [1.29, 1.82) is 0 Å². The molecule has 2 atom stereocenters. The van der Waals surface area contributed by atoms with Gasteiger partial charge in [-0.15, -0.1) is 0 Å². The molecule has 0 aromatic rings. The van der Waals surface area contributed by atoms with Crippen molar-refractivity contribution < 1.29 is 23.1 Å². The lowest BCUT2D eigenvalue weighted by Crippen LogP contribution is -2.47. The van der Waals surface area contributed by atoms with Crippen LogP contribution in [0, 0.1) is 11.8 Å². The normalized spacial score (nSPS) is 15.4. The van der Waals surface area contributed by atoms with Gasteiger partial charge in [0.15, 0.2) is 0 Å². The van der Waals surface area contributed by atoms with Crippen LogP contribution in [-0.2, 0) is 23.1 Å². The van der Waals surface area contributed by atoms with E-state index < -0.39 is 19.4 Å². The maximum absolute atomic E-state index is 12.6.